The summed E-state index contributed by atoms with van der Waals surface area (Å²) in [5.41, 5.74) is 2.90. The van der Waals surface area contributed by atoms with E-state index in [1.807, 2.05) is 41.6 Å². The van der Waals surface area contributed by atoms with Crippen molar-refractivity contribution in [2.24, 2.45) is 5.92 Å². The standard InChI is InChI=1S/C30H38FN5O2/c1-19-18-36(26-12-11-23(31)17-24(19)26)27-16-22(13-14-33-27)25-10-7-15-35(25)30(38)28(21-8-5-4-6-9-21)34-29(37)20(2)32-3/h11-14,16-18,20-21,25,28,32H,4-10,15H2,1-3H3,(H,34,37)/t20?,25?,28-/m0/s1. The van der Waals surface area contributed by atoms with E-state index in [2.05, 4.69) is 15.6 Å². The molecule has 1 aromatic carbocycles. The Morgan fingerprint density at radius 1 is 1.08 bits per heavy atom. The molecule has 0 radical (unpaired) electrons. The predicted molar refractivity (Wildman–Crippen MR) is 146 cm³/mol. The number of fused-ring (bicyclic) bond motifs is 1. The van der Waals surface area contributed by atoms with Gasteiger partial charge in [-0.25, -0.2) is 9.37 Å². The van der Waals surface area contributed by atoms with E-state index in [-0.39, 0.29) is 35.6 Å². The molecule has 2 amide bonds. The lowest BCUT2D eigenvalue weighted by Gasteiger charge is -2.35. The average Bonchev–Trinajstić information content (AvgIpc) is 3.56. The van der Waals surface area contributed by atoms with Gasteiger partial charge in [0.25, 0.3) is 0 Å². The van der Waals surface area contributed by atoms with Gasteiger partial charge in [0.1, 0.15) is 17.7 Å². The minimum Gasteiger partial charge on any atom is -0.343 e. The zero-order valence-electron chi connectivity index (χ0n) is 22.5. The van der Waals surface area contributed by atoms with Gasteiger partial charge in [0.2, 0.25) is 11.8 Å². The third kappa shape index (κ3) is 5.19. The summed E-state index contributed by atoms with van der Waals surface area (Å²) in [5, 5.41) is 6.96. The molecule has 1 saturated heterocycles. The summed E-state index contributed by atoms with van der Waals surface area (Å²) in [6.07, 6.45) is 10.8. The maximum Gasteiger partial charge on any atom is 0.245 e. The fraction of sp³-hybridized carbons (Fsp3) is 0.500. The highest BCUT2D eigenvalue weighted by Crippen LogP contribution is 2.36. The third-order valence-electron chi connectivity index (χ3n) is 8.41. The first-order valence-electron chi connectivity index (χ1n) is 13.9. The van der Waals surface area contributed by atoms with Crippen LogP contribution in [0.2, 0.25) is 0 Å². The van der Waals surface area contributed by atoms with Crippen LogP contribution in [-0.4, -0.2) is 51.9 Å². The Hall–Kier alpha value is -3.26. The Morgan fingerprint density at radius 2 is 1.87 bits per heavy atom. The molecule has 1 aliphatic carbocycles. The molecule has 5 rings (SSSR count). The summed E-state index contributed by atoms with van der Waals surface area (Å²) in [5.74, 6) is 0.528. The molecule has 7 nitrogen and oxygen atoms in total. The van der Waals surface area contributed by atoms with Crippen molar-refractivity contribution in [3.63, 3.8) is 0 Å². The maximum atomic E-state index is 14.1. The molecule has 3 aromatic rings. The number of hydrogen-bond acceptors (Lipinski definition) is 4. The molecular weight excluding hydrogens is 481 g/mol. The van der Waals surface area contributed by atoms with Gasteiger partial charge >= 0.3 is 0 Å². The number of nitrogens with zero attached hydrogens (tertiary/aromatic N) is 3. The number of likely N-dealkylation sites (tertiary alicyclic amines) is 1. The first-order valence-corrected chi connectivity index (χ1v) is 13.9. The molecule has 8 heteroatoms. The molecule has 0 bridgehead atoms. The van der Waals surface area contributed by atoms with E-state index < -0.39 is 6.04 Å². The number of rotatable bonds is 7. The summed E-state index contributed by atoms with van der Waals surface area (Å²) < 4.78 is 15.9. The number of aromatic nitrogens is 2. The molecule has 2 N–H and O–H groups in total. The highest BCUT2D eigenvalue weighted by atomic mass is 19.1. The molecule has 3 atom stereocenters. The Morgan fingerprint density at radius 3 is 2.63 bits per heavy atom. The van der Waals surface area contributed by atoms with Crippen LogP contribution in [0.5, 0.6) is 0 Å². The molecule has 3 heterocycles. The average molecular weight is 520 g/mol. The second kappa shape index (κ2) is 11.2. The van der Waals surface area contributed by atoms with Crippen molar-refractivity contribution in [1.82, 2.24) is 25.1 Å². The number of hydrogen-bond donors (Lipinski definition) is 2. The molecule has 38 heavy (non-hydrogen) atoms. The first-order chi connectivity index (χ1) is 18.4. The van der Waals surface area contributed by atoms with Gasteiger partial charge in [-0.2, -0.15) is 0 Å². The second-order valence-corrected chi connectivity index (χ2v) is 10.9. The van der Waals surface area contributed by atoms with E-state index in [0.29, 0.717) is 6.54 Å². The number of aryl methyl sites for hydroxylation is 1. The van der Waals surface area contributed by atoms with Crippen molar-refractivity contribution in [2.45, 2.75) is 76.9 Å². The van der Waals surface area contributed by atoms with Gasteiger partial charge < -0.3 is 20.1 Å². The largest absolute Gasteiger partial charge is 0.343 e. The topological polar surface area (TPSA) is 79.3 Å². The summed E-state index contributed by atoms with van der Waals surface area (Å²) >= 11 is 0. The lowest BCUT2D eigenvalue weighted by molar-refractivity contribution is -0.139. The van der Waals surface area contributed by atoms with Crippen molar-refractivity contribution >= 4 is 22.7 Å². The number of amides is 2. The van der Waals surface area contributed by atoms with E-state index in [4.69, 9.17) is 0 Å². The minimum absolute atomic E-state index is 0.0205. The molecule has 2 fully saturated rings. The monoisotopic (exact) mass is 519 g/mol. The van der Waals surface area contributed by atoms with Crippen LogP contribution in [-0.2, 0) is 9.59 Å². The van der Waals surface area contributed by atoms with Crippen LogP contribution in [0.1, 0.15) is 69.0 Å². The highest BCUT2D eigenvalue weighted by Gasteiger charge is 2.39. The predicted octanol–water partition coefficient (Wildman–Crippen LogP) is 4.81. The Bertz CT molecular complexity index is 1320. The summed E-state index contributed by atoms with van der Waals surface area (Å²) in [4.78, 5) is 33.5. The lowest BCUT2D eigenvalue weighted by atomic mass is 9.83. The quantitative estimate of drug-likeness (QED) is 0.470. The number of carbonyl (C=O) groups is 2. The minimum atomic E-state index is -0.508. The van der Waals surface area contributed by atoms with Crippen molar-refractivity contribution in [3.05, 3.63) is 59.7 Å². The normalized spacial score (nSPS) is 20.0. The van der Waals surface area contributed by atoms with Gasteiger partial charge in [-0.05, 0) is 94.0 Å². The van der Waals surface area contributed by atoms with Crippen LogP contribution in [0.3, 0.4) is 0 Å². The highest BCUT2D eigenvalue weighted by molar-refractivity contribution is 5.90. The number of benzene rings is 1. The Labute approximate surface area is 223 Å². The fourth-order valence-corrected chi connectivity index (χ4v) is 6.14. The third-order valence-corrected chi connectivity index (χ3v) is 8.41. The molecule has 1 aliphatic heterocycles. The molecule has 2 aromatic heterocycles. The van der Waals surface area contributed by atoms with E-state index in [1.165, 1.54) is 12.5 Å². The number of nitrogens with one attached hydrogen (secondary N) is 2. The number of halogens is 1. The zero-order valence-corrected chi connectivity index (χ0v) is 22.5. The van der Waals surface area contributed by atoms with E-state index >= 15 is 0 Å². The van der Waals surface area contributed by atoms with Crippen LogP contribution in [0, 0.1) is 18.7 Å². The Balaban J connectivity index is 1.43. The summed E-state index contributed by atoms with van der Waals surface area (Å²) in [6.45, 7) is 4.46. The number of pyridine rings is 1. The van der Waals surface area contributed by atoms with E-state index in [0.717, 1.165) is 66.4 Å². The number of carbonyl (C=O) groups excluding carboxylic acids is 2. The van der Waals surface area contributed by atoms with E-state index in [9.17, 15) is 14.0 Å². The maximum absolute atomic E-state index is 14.1. The second-order valence-electron chi connectivity index (χ2n) is 10.9. The van der Waals surface area contributed by atoms with Gasteiger partial charge in [0.05, 0.1) is 17.6 Å². The Kier molecular flexibility index (Phi) is 7.79. The van der Waals surface area contributed by atoms with Gasteiger partial charge in [0, 0.05) is 24.3 Å². The first kappa shape index (κ1) is 26.4. The van der Waals surface area contributed by atoms with Gasteiger partial charge in [-0.3, -0.25) is 9.59 Å². The molecule has 2 aliphatic rings. The van der Waals surface area contributed by atoms with Crippen molar-refractivity contribution in [1.29, 1.82) is 0 Å². The van der Waals surface area contributed by atoms with Gasteiger partial charge in [0.15, 0.2) is 0 Å². The van der Waals surface area contributed by atoms with Gasteiger partial charge in [-0.1, -0.05) is 19.3 Å². The zero-order chi connectivity index (χ0) is 26.8. The van der Waals surface area contributed by atoms with Crippen LogP contribution in [0.4, 0.5) is 4.39 Å². The fourth-order valence-electron chi connectivity index (χ4n) is 6.14. The van der Waals surface area contributed by atoms with Gasteiger partial charge in [-0.15, -0.1) is 0 Å². The van der Waals surface area contributed by atoms with Crippen LogP contribution < -0.4 is 10.6 Å². The van der Waals surface area contributed by atoms with Crippen LogP contribution >= 0.6 is 0 Å². The summed E-state index contributed by atoms with van der Waals surface area (Å²) in [7, 11) is 1.76. The number of likely N-dealkylation sites (N-methyl/N-ethyl adjacent to an activating group) is 1. The van der Waals surface area contributed by atoms with Crippen molar-refractivity contribution in [3.8, 4) is 5.82 Å². The SMILES string of the molecule is CNC(C)C(=O)N[C@H](C(=O)N1CCCC1c1ccnc(-n2cc(C)c3cc(F)ccc32)c1)C1CCCCC1. The summed E-state index contributed by atoms with van der Waals surface area (Å²) in [6, 6.07) is 7.87. The van der Waals surface area contributed by atoms with Crippen LogP contribution in [0.15, 0.2) is 42.7 Å². The molecule has 2 unspecified atom stereocenters. The molecule has 0 spiro atoms. The molecule has 1 saturated carbocycles. The van der Waals surface area contributed by atoms with Crippen molar-refractivity contribution in [2.75, 3.05) is 13.6 Å². The molecule has 202 valence electrons. The van der Waals surface area contributed by atoms with Crippen molar-refractivity contribution < 1.29 is 14.0 Å². The smallest absolute Gasteiger partial charge is 0.245 e. The molecular formula is C30H38FN5O2. The lowest BCUT2D eigenvalue weighted by Crippen LogP contribution is -2.55. The van der Waals surface area contributed by atoms with Crippen LogP contribution in [0.25, 0.3) is 16.7 Å². The van der Waals surface area contributed by atoms with E-state index in [1.54, 1.807) is 25.4 Å².